The number of carbonyl (C=O) groups excluding carboxylic acids is 2. The maximum Gasteiger partial charge on any atom is 0.421 e. The lowest BCUT2D eigenvalue weighted by atomic mass is 10.0. The SMILES string of the molecule is CC(=O)OC(=O)N(C)c1ccc(-c2c[nH]c(C(Cc3ccccc3)n3ccc(-c4cc(Cl)ccc4NC(=N)N)cc3=O)n2)cc1. The van der Waals surface area contributed by atoms with Crippen LogP contribution in [-0.4, -0.2) is 39.6 Å². The molecule has 2 aromatic heterocycles. The van der Waals surface area contributed by atoms with Crippen molar-refractivity contribution in [3.8, 4) is 22.4 Å². The van der Waals surface area contributed by atoms with Crippen molar-refractivity contribution in [2.75, 3.05) is 17.3 Å². The number of H-pyrrole nitrogens is 1. The highest BCUT2D eigenvalue weighted by Gasteiger charge is 2.21. The molecule has 5 N–H and O–H groups in total. The first-order chi connectivity index (χ1) is 21.6. The van der Waals surface area contributed by atoms with Crippen LogP contribution in [0, 0.1) is 5.41 Å². The predicted octanol–water partition coefficient (Wildman–Crippen LogP) is 5.82. The molecule has 0 saturated heterocycles. The molecule has 3 aromatic carbocycles. The van der Waals surface area contributed by atoms with Crippen LogP contribution in [0.1, 0.15) is 24.4 Å². The van der Waals surface area contributed by atoms with Crippen LogP contribution in [0.5, 0.6) is 0 Å². The molecule has 1 amide bonds. The van der Waals surface area contributed by atoms with Gasteiger partial charge in [0.2, 0.25) is 0 Å². The van der Waals surface area contributed by atoms with E-state index < -0.39 is 18.1 Å². The number of hydrogen-bond donors (Lipinski definition) is 4. The van der Waals surface area contributed by atoms with Crippen molar-refractivity contribution in [3.63, 3.8) is 0 Å². The highest BCUT2D eigenvalue weighted by Crippen LogP contribution is 2.31. The minimum Gasteiger partial charge on any atom is -0.376 e. The average molecular weight is 624 g/mol. The summed E-state index contributed by atoms with van der Waals surface area (Å²) in [5.41, 5.74) is 10.1. The molecule has 1 unspecified atom stereocenters. The zero-order valence-electron chi connectivity index (χ0n) is 24.5. The van der Waals surface area contributed by atoms with E-state index in [9.17, 15) is 14.4 Å². The van der Waals surface area contributed by atoms with Crippen molar-refractivity contribution in [1.29, 1.82) is 5.41 Å². The molecule has 228 valence electrons. The number of esters is 1. The third-order valence-electron chi connectivity index (χ3n) is 7.09. The van der Waals surface area contributed by atoms with E-state index in [4.69, 9.17) is 27.7 Å². The van der Waals surface area contributed by atoms with Crippen LogP contribution in [0.25, 0.3) is 22.4 Å². The molecule has 12 heteroatoms. The quantitative estimate of drug-likeness (QED) is 0.0734. The van der Waals surface area contributed by atoms with Gasteiger partial charge in [-0.3, -0.25) is 19.9 Å². The molecule has 11 nitrogen and oxygen atoms in total. The smallest absolute Gasteiger partial charge is 0.376 e. The fourth-order valence-corrected chi connectivity index (χ4v) is 5.07. The number of imidazole rings is 1. The number of benzene rings is 3. The molecule has 0 aliphatic carbocycles. The lowest BCUT2D eigenvalue weighted by Gasteiger charge is -2.19. The van der Waals surface area contributed by atoms with Gasteiger partial charge >= 0.3 is 12.1 Å². The largest absolute Gasteiger partial charge is 0.421 e. The van der Waals surface area contributed by atoms with Gasteiger partial charge in [0.05, 0.1) is 11.7 Å². The monoisotopic (exact) mass is 623 g/mol. The summed E-state index contributed by atoms with van der Waals surface area (Å²) in [6.07, 6.45) is 3.19. The highest BCUT2D eigenvalue weighted by molar-refractivity contribution is 6.31. The highest BCUT2D eigenvalue weighted by atomic mass is 35.5. The summed E-state index contributed by atoms with van der Waals surface area (Å²) in [6.45, 7) is 1.17. The van der Waals surface area contributed by atoms with Crippen molar-refractivity contribution in [1.82, 2.24) is 14.5 Å². The van der Waals surface area contributed by atoms with Crippen LogP contribution >= 0.6 is 11.6 Å². The second kappa shape index (κ2) is 13.3. The summed E-state index contributed by atoms with van der Waals surface area (Å²) in [4.78, 5) is 46.2. The average Bonchev–Trinajstić information content (AvgIpc) is 3.51. The van der Waals surface area contributed by atoms with Crippen LogP contribution in [-0.2, 0) is 16.0 Å². The van der Waals surface area contributed by atoms with E-state index in [1.165, 1.54) is 24.9 Å². The molecular formula is C33H30ClN7O4. The summed E-state index contributed by atoms with van der Waals surface area (Å²) in [5, 5.41) is 10.9. The number of aromatic nitrogens is 3. The van der Waals surface area contributed by atoms with E-state index >= 15 is 0 Å². The molecule has 2 heterocycles. The summed E-state index contributed by atoms with van der Waals surface area (Å²) in [6, 6.07) is 24.8. The second-order valence-electron chi connectivity index (χ2n) is 10.2. The number of amides is 1. The normalized spacial score (nSPS) is 11.4. The zero-order valence-corrected chi connectivity index (χ0v) is 25.2. The van der Waals surface area contributed by atoms with Gasteiger partial charge < -0.3 is 25.3 Å². The van der Waals surface area contributed by atoms with E-state index in [1.807, 2.05) is 36.4 Å². The van der Waals surface area contributed by atoms with Gasteiger partial charge in [0.15, 0.2) is 5.96 Å². The van der Waals surface area contributed by atoms with Crippen molar-refractivity contribution < 1.29 is 14.3 Å². The van der Waals surface area contributed by atoms with Gasteiger partial charge in [0.1, 0.15) is 5.82 Å². The first kappa shape index (κ1) is 30.8. The molecule has 1 atom stereocenters. The van der Waals surface area contributed by atoms with Crippen molar-refractivity contribution in [3.05, 3.63) is 124 Å². The lowest BCUT2D eigenvalue weighted by molar-refractivity contribution is -0.134. The summed E-state index contributed by atoms with van der Waals surface area (Å²) in [7, 11) is 1.51. The number of aromatic amines is 1. The number of hydrogen-bond acceptors (Lipinski definition) is 6. The minimum absolute atomic E-state index is 0.236. The van der Waals surface area contributed by atoms with Gasteiger partial charge in [-0.2, -0.15) is 0 Å². The van der Waals surface area contributed by atoms with Crippen LogP contribution in [0.3, 0.4) is 0 Å². The Morgan fingerprint density at radius 3 is 2.47 bits per heavy atom. The Labute approximate surface area is 263 Å². The first-order valence-electron chi connectivity index (χ1n) is 13.9. The molecule has 45 heavy (non-hydrogen) atoms. The molecule has 5 rings (SSSR count). The molecule has 0 saturated carbocycles. The van der Waals surface area contributed by atoms with E-state index in [-0.39, 0.29) is 11.5 Å². The molecule has 0 aliphatic rings. The number of nitrogens with two attached hydrogens (primary N) is 1. The molecule has 0 fully saturated rings. The Bertz CT molecular complexity index is 1920. The number of guanidine groups is 1. The van der Waals surface area contributed by atoms with Crippen molar-refractivity contribution in [2.24, 2.45) is 5.73 Å². The summed E-state index contributed by atoms with van der Waals surface area (Å²) < 4.78 is 6.28. The van der Waals surface area contributed by atoms with Gasteiger partial charge in [-0.05, 0) is 47.5 Å². The molecular weight excluding hydrogens is 594 g/mol. The standard InChI is InChI=1S/C33H30ClN7O4/c1-20(42)45-33(44)40(2)25-11-8-22(9-12-25)28-19-37-31(38-28)29(16-21-6-4-3-5-7-21)41-15-14-23(17-30(41)43)26-18-24(34)10-13-27(26)39-32(35)36/h3-15,17-19,29H,16H2,1-2H3,(H,37,38)(H4,35,36,39). The first-order valence-corrected chi connectivity index (χ1v) is 14.3. The summed E-state index contributed by atoms with van der Waals surface area (Å²) >= 11 is 6.26. The third-order valence-corrected chi connectivity index (χ3v) is 7.32. The van der Waals surface area contributed by atoms with E-state index in [0.717, 1.165) is 11.1 Å². The van der Waals surface area contributed by atoms with Gasteiger partial charge in [0.25, 0.3) is 5.56 Å². The number of ether oxygens (including phenoxy) is 1. The predicted molar refractivity (Wildman–Crippen MR) is 175 cm³/mol. The molecule has 0 aliphatic heterocycles. The molecule has 0 bridgehead atoms. The van der Waals surface area contributed by atoms with Crippen LogP contribution in [0.15, 0.2) is 102 Å². The van der Waals surface area contributed by atoms with E-state index in [2.05, 4.69) is 15.0 Å². The Kier molecular flexibility index (Phi) is 9.10. The van der Waals surface area contributed by atoms with Crippen LogP contribution in [0.2, 0.25) is 5.02 Å². The number of pyridine rings is 1. The zero-order chi connectivity index (χ0) is 32.1. The third kappa shape index (κ3) is 7.28. The van der Waals surface area contributed by atoms with Gasteiger partial charge in [-0.1, -0.05) is 54.1 Å². The lowest BCUT2D eigenvalue weighted by Crippen LogP contribution is -2.28. The van der Waals surface area contributed by atoms with E-state index in [0.29, 0.717) is 45.5 Å². The second-order valence-corrected chi connectivity index (χ2v) is 10.7. The van der Waals surface area contributed by atoms with Crippen LogP contribution in [0.4, 0.5) is 16.2 Å². The Balaban J connectivity index is 1.48. The number of halogens is 1. The maximum absolute atomic E-state index is 13.7. The number of anilines is 2. The number of nitrogens with zero attached hydrogens (tertiary/aromatic N) is 3. The Morgan fingerprint density at radius 2 is 1.80 bits per heavy atom. The van der Waals surface area contributed by atoms with Crippen LogP contribution < -0.4 is 21.5 Å². The van der Waals surface area contributed by atoms with Gasteiger partial charge in [-0.25, -0.2) is 9.78 Å². The molecule has 0 radical (unpaired) electrons. The number of carbonyl (C=O) groups is 2. The van der Waals surface area contributed by atoms with E-state index in [1.54, 1.807) is 59.4 Å². The Hall–Kier alpha value is -5.68. The number of nitrogens with one attached hydrogen (secondary N) is 3. The Morgan fingerprint density at radius 1 is 1.07 bits per heavy atom. The van der Waals surface area contributed by atoms with Crippen molar-refractivity contribution in [2.45, 2.75) is 19.4 Å². The number of rotatable bonds is 8. The summed E-state index contributed by atoms with van der Waals surface area (Å²) in [5.74, 6) is -0.345. The topological polar surface area (TPSA) is 159 Å². The maximum atomic E-state index is 13.7. The molecule has 5 aromatic rings. The fraction of sp³-hybridized carbons (Fsp3) is 0.121. The fourth-order valence-electron chi connectivity index (χ4n) is 4.90. The van der Waals surface area contributed by atoms with Gasteiger partial charge in [0, 0.05) is 66.4 Å². The minimum atomic E-state index is -0.778. The molecule has 0 spiro atoms. The van der Waals surface area contributed by atoms with Crippen molar-refractivity contribution >= 4 is 41.0 Å². The van der Waals surface area contributed by atoms with Gasteiger partial charge in [-0.15, -0.1) is 0 Å².